The highest BCUT2D eigenvalue weighted by Crippen LogP contribution is 2.59. The Morgan fingerprint density at radius 3 is 2.40 bits per heavy atom. The van der Waals surface area contributed by atoms with Crippen LogP contribution in [0, 0.1) is 11.2 Å². The third-order valence-corrected chi connectivity index (χ3v) is 5.56. The molecule has 1 heterocycles. The third kappa shape index (κ3) is 3.77. The van der Waals surface area contributed by atoms with Crippen molar-refractivity contribution in [1.82, 2.24) is 4.90 Å². The second-order valence-corrected chi connectivity index (χ2v) is 8.89. The normalized spacial score (nSPS) is 21.8. The van der Waals surface area contributed by atoms with E-state index in [1.807, 2.05) is 20.8 Å². The smallest absolute Gasteiger partial charge is 0.410 e. The van der Waals surface area contributed by atoms with Crippen LogP contribution in [0.3, 0.4) is 0 Å². The number of halogens is 2. The molecular weight excluding hydrogens is 345 g/mol. The van der Waals surface area contributed by atoms with Gasteiger partial charge in [-0.2, -0.15) is 0 Å². The van der Waals surface area contributed by atoms with E-state index in [-0.39, 0.29) is 16.5 Å². The highest BCUT2D eigenvalue weighted by atomic mass is 35.5. The number of benzene rings is 1. The predicted molar refractivity (Wildman–Crippen MR) is 94.0 cm³/mol. The van der Waals surface area contributed by atoms with E-state index in [9.17, 15) is 14.3 Å². The molecule has 0 radical (unpaired) electrons. The highest BCUT2D eigenvalue weighted by Gasteiger charge is 2.55. The minimum absolute atomic E-state index is 0.0339. The van der Waals surface area contributed by atoms with Crippen molar-refractivity contribution in [3.8, 4) is 0 Å². The number of likely N-dealkylation sites (tertiary alicyclic amines) is 1. The molecule has 4 nitrogen and oxygen atoms in total. The molecule has 0 aromatic heterocycles. The van der Waals surface area contributed by atoms with Crippen molar-refractivity contribution in [2.45, 2.75) is 57.7 Å². The van der Waals surface area contributed by atoms with Gasteiger partial charge in [0.05, 0.1) is 10.6 Å². The molecule has 1 saturated carbocycles. The number of carbonyl (C=O) groups is 1. The van der Waals surface area contributed by atoms with Gasteiger partial charge in [-0.15, -0.1) is 0 Å². The summed E-state index contributed by atoms with van der Waals surface area (Å²) in [5, 5.41) is 10.9. The maximum atomic E-state index is 13.3. The van der Waals surface area contributed by atoms with E-state index in [0.29, 0.717) is 31.5 Å². The second-order valence-electron chi connectivity index (χ2n) is 8.48. The zero-order chi connectivity index (χ0) is 18.5. The summed E-state index contributed by atoms with van der Waals surface area (Å²) >= 11 is 5.84. The molecule has 2 fully saturated rings. The molecule has 25 heavy (non-hydrogen) atoms. The van der Waals surface area contributed by atoms with Gasteiger partial charge >= 0.3 is 6.09 Å². The largest absolute Gasteiger partial charge is 0.444 e. The quantitative estimate of drug-likeness (QED) is 0.794. The fourth-order valence-corrected chi connectivity index (χ4v) is 4.20. The summed E-state index contributed by atoms with van der Waals surface area (Å²) in [5.41, 5.74) is -0.747. The number of aliphatic hydroxyl groups is 1. The molecule has 1 aliphatic carbocycles. The van der Waals surface area contributed by atoms with Gasteiger partial charge in [-0.1, -0.05) is 17.7 Å². The van der Waals surface area contributed by atoms with E-state index in [4.69, 9.17) is 16.3 Å². The Morgan fingerprint density at radius 2 is 1.88 bits per heavy atom. The van der Waals surface area contributed by atoms with Gasteiger partial charge in [-0.3, -0.25) is 0 Å². The first-order valence-corrected chi connectivity index (χ1v) is 9.06. The number of rotatable bonds is 1. The predicted octanol–water partition coefficient (Wildman–Crippen LogP) is 4.48. The standard InChI is InChI=1S/C19H25ClFNO3/c1-17(2,3)25-16(23)22-8-6-18(7-9-22)11-19(24,12-18)13-4-5-15(21)14(20)10-13/h4-5,10,24H,6-9,11-12H2,1-3H3. The van der Waals surface area contributed by atoms with Crippen molar-refractivity contribution in [2.24, 2.45) is 5.41 Å². The molecule has 1 aliphatic heterocycles. The Hall–Kier alpha value is -1.33. The highest BCUT2D eigenvalue weighted by molar-refractivity contribution is 6.30. The van der Waals surface area contributed by atoms with Crippen molar-refractivity contribution >= 4 is 17.7 Å². The number of amides is 1. The lowest BCUT2D eigenvalue weighted by atomic mass is 9.53. The summed E-state index contributed by atoms with van der Waals surface area (Å²) in [6.45, 7) is 6.84. The molecule has 1 aromatic rings. The fourth-order valence-electron chi connectivity index (χ4n) is 4.02. The van der Waals surface area contributed by atoms with Crippen LogP contribution in [-0.2, 0) is 10.3 Å². The van der Waals surface area contributed by atoms with Crippen LogP contribution in [0.2, 0.25) is 5.02 Å². The average Bonchev–Trinajstić information content (AvgIpc) is 2.47. The summed E-state index contributed by atoms with van der Waals surface area (Å²) in [6.07, 6.45) is 2.63. The molecule has 1 saturated heterocycles. The molecule has 1 spiro atoms. The number of ether oxygens (including phenoxy) is 1. The van der Waals surface area contributed by atoms with Crippen LogP contribution in [-0.4, -0.2) is 34.8 Å². The monoisotopic (exact) mass is 369 g/mol. The van der Waals surface area contributed by atoms with E-state index in [1.165, 1.54) is 12.1 Å². The van der Waals surface area contributed by atoms with Gasteiger partial charge < -0.3 is 14.7 Å². The van der Waals surface area contributed by atoms with Gasteiger partial charge in [0.25, 0.3) is 0 Å². The molecule has 0 atom stereocenters. The Labute approximate surface area is 152 Å². The maximum Gasteiger partial charge on any atom is 0.410 e. The Bertz CT molecular complexity index is 670. The first kappa shape index (κ1) is 18.5. The first-order valence-electron chi connectivity index (χ1n) is 8.68. The lowest BCUT2D eigenvalue weighted by Gasteiger charge is -2.56. The van der Waals surface area contributed by atoms with Gasteiger partial charge in [0.1, 0.15) is 11.4 Å². The van der Waals surface area contributed by atoms with Crippen LogP contribution >= 0.6 is 11.6 Å². The number of nitrogens with zero attached hydrogens (tertiary/aromatic N) is 1. The van der Waals surface area contributed by atoms with Gasteiger partial charge in [0, 0.05) is 13.1 Å². The fraction of sp³-hybridized carbons (Fsp3) is 0.632. The van der Waals surface area contributed by atoms with E-state index in [1.54, 1.807) is 11.0 Å². The van der Waals surface area contributed by atoms with Crippen molar-refractivity contribution in [3.05, 3.63) is 34.6 Å². The van der Waals surface area contributed by atoms with Crippen LogP contribution in [0.5, 0.6) is 0 Å². The number of hydrogen-bond acceptors (Lipinski definition) is 3. The minimum atomic E-state index is -0.953. The third-order valence-electron chi connectivity index (χ3n) is 5.27. The van der Waals surface area contributed by atoms with E-state index in [2.05, 4.69) is 0 Å². The molecule has 0 bridgehead atoms. The van der Waals surface area contributed by atoms with Crippen molar-refractivity contribution in [2.75, 3.05) is 13.1 Å². The summed E-state index contributed by atoms with van der Waals surface area (Å²) in [5.74, 6) is -0.478. The topological polar surface area (TPSA) is 49.8 Å². The van der Waals surface area contributed by atoms with Gasteiger partial charge in [0.15, 0.2) is 0 Å². The van der Waals surface area contributed by atoms with E-state index < -0.39 is 17.0 Å². The summed E-state index contributed by atoms with van der Waals surface area (Å²) < 4.78 is 18.7. The van der Waals surface area contributed by atoms with Crippen LogP contribution in [0.4, 0.5) is 9.18 Å². The van der Waals surface area contributed by atoms with Crippen molar-refractivity contribution < 1.29 is 19.0 Å². The van der Waals surface area contributed by atoms with Crippen molar-refractivity contribution in [1.29, 1.82) is 0 Å². The molecule has 6 heteroatoms. The zero-order valence-corrected chi connectivity index (χ0v) is 15.7. The summed E-state index contributed by atoms with van der Waals surface area (Å²) in [6, 6.07) is 4.41. The van der Waals surface area contributed by atoms with E-state index in [0.717, 1.165) is 12.8 Å². The summed E-state index contributed by atoms with van der Waals surface area (Å²) in [4.78, 5) is 13.9. The molecule has 0 unspecified atom stereocenters. The SMILES string of the molecule is CC(C)(C)OC(=O)N1CCC2(CC1)CC(O)(c1ccc(F)c(Cl)c1)C2. The number of hydrogen-bond donors (Lipinski definition) is 1. The lowest BCUT2D eigenvalue weighted by Crippen LogP contribution is -2.55. The number of piperidine rings is 1. The molecular formula is C19H25ClFNO3. The second kappa shape index (κ2) is 6.13. The van der Waals surface area contributed by atoms with Crippen LogP contribution < -0.4 is 0 Å². The Balaban J connectivity index is 1.59. The molecule has 2 aliphatic rings. The van der Waals surface area contributed by atoms with Crippen LogP contribution in [0.25, 0.3) is 0 Å². The minimum Gasteiger partial charge on any atom is -0.444 e. The lowest BCUT2D eigenvalue weighted by molar-refractivity contribution is -0.154. The summed E-state index contributed by atoms with van der Waals surface area (Å²) in [7, 11) is 0. The van der Waals surface area contributed by atoms with Crippen LogP contribution in [0.15, 0.2) is 18.2 Å². The zero-order valence-electron chi connectivity index (χ0n) is 14.9. The Kier molecular flexibility index (Phi) is 4.53. The molecule has 138 valence electrons. The Morgan fingerprint density at radius 1 is 1.28 bits per heavy atom. The van der Waals surface area contributed by atoms with E-state index >= 15 is 0 Å². The van der Waals surface area contributed by atoms with Gasteiger partial charge in [0.2, 0.25) is 0 Å². The van der Waals surface area contributed by atoms with Gasteiger partial charge in [-0.25, -0.2) is 9.18 Å². The molecule has 3 rings (SSSR count). The molecule has 1 aromatic carbocycles. The number of carbonyl (C=O) groups excluding carboxylic acids is 1. The maximum absolute atomic E-state index is 13.3. The van der Waals surface area contributed by atoms with Crippen molar-refractivity contribution in [3.63, 3.8) is 0 Å². The van der Waals surface area contributed by atoms with Crippen LogP contribution in [0.1, 0.15) is 52.0 Å². The molecule has 1 N–H and O–H groups in total. The average molecular weight is 370 g/mol. The first-order chi connectivity index (χ1) is 11.5. The van der Waals surface area contributed by atoms with Gasteiger partial charge in [-0.05, 0) is 69.6 Å². The molecule has 1 amide bonds.